The van der Waals surface area contributed by atoms with E-state index in [2.05, 4.69) is 15.5 Å². The molecule has 3 atom stereocenters. The predicted octanol–water partition coefficient (Wildman–Crippen LogP) is 2.27. The highest BCUT2D eigenvalue weighted by molar-refractivity contribution is 5.06. The van der Waals surface area contributed by atoms with Crippen LogP contribution < -0.4 is 5.32 Å². The first-order valence-electron chi connectivity index (χ1n) is 7.44. The average Bonchev–Trinajstić information content (AvgIpc) is 2.83. The molecule has 1 aromatic heterocycles. The van der Waals surface area contributed by atoms with E-state index >= 15 is 0 Å². The molecule has 2 bridgehead atoms. The third-order valence-electron chi connectivity index (χ3n) is 4.90. The molecule has 4 heteroatoms. The van der Waals surface area contributed by atoms with Crippen LogP contribution in [0.15, 0.2) is 4.52 Å². The van der Waals surface area contributed by atoms with Crippen LogP contribution in [0.3, 0.4) is 0 Å². The Balaban J connectivity index is 1.36. The highest BCUT2D eigenvalue weighted by Crippen LogP contribution is 2.52. The van der Waals surface area contributed by atoms with Crippen molar-refractivity contribution in [2.75, 3.05) is 6.54 Å². The molecule has 4 nitrogen and oxygen atoms in total. The Labute approximate surface area is 108 Å². The van der Waals surface area contributed by atoms with Gasteiger partial charge in [0, 0.05) is 24.9 Å². The largest absolute Gasteiger partial charge is 0.339 e. The molecule has 1 N–H and O–H groups in total. The lowest BCUT2D eigenvalue weighted by Gasteiger charge is -2.17. The van der Waals surface area contributed by atoms with Crippen LogP contribution in [0.1, 0.15) is 56.2 Å². The van der Waals surface area contributed by atoms with Crippen LogP contribution in [0.25, 0.3) is 0 Å². The van der Waals surface area contributed by atoms with Gasteiger partial charge in [0.15, 0.2) is 5.82 Å². The quantitative estimate of drug-likeness (QED) is 0.867. The Hall–Kier alpha value is -0.900. The highest BCUT2D eigenvalue weighted by atomic mass is 16.5. The second-order valence-electron chi connectivity index (χ2n) is 6.31. The monoisotopic (exact) mass is 247 g/mol. The van der Waals surface area contributed by atoms with Crippen molar-refractivity contribution in [1.29, 1.82) is 0 Å². The van der Waals surface area contributed by atoms with E-state index in [-0.39, 0.29) is 0 Å². The Bertz CT molecular complexity index is 426. The van der Waals surface area contributed by atoms with Crippen LogP contribution in [0.5, 0.6) is 0 Å². The molecule has 0 radical (unpaired) electrons. The molecular weight excluding hydrogens is 226 g/mol. The van der Waals surface area contributed by atoms with Gasteiger partial charge in [-0.05, 0) is 43.9 Å². The molecule has 3 fully saturated rings. The summed E-state index contributed by atoms with van der Waals surface area (Å²) in [5.74, 6) is 4.19. The van der Waals surface area contributed by atoms with Gasteiger partial charge in [0.1, 0.15) is 0 Å². The Morgan fingerprint density at radius 3 is 2.83 bits per heavy atom. The maximum Gasteiger partial charge on any atom is 0.227 e. The summed E-state index contributed by atoms with van der Waals surface area (Å²) in [6, 6.07) is 0.762. The van der Waals surface area contributed by atoms with Crippen molar-refractivity contribution in [3.63, 3.8) is 0 Å². The molecule has 4 rings (SSSR count). The molecule has 0 aliphatic heterocycles. The number of hydrogen-bond acceptors (Lipinski definition) is 4. The summed E-state index contributed by atoms with van der Waals surface area (Å²) in [4.78, 5) is 4.61. The molecule has 0 aromatic carbocycles. The predicted molar refractivity (Wildman–Crippen MR) is 67.2 cm³/mol. The van der Waals surface area contributed by atoms with Crippen molar-refractivity contribution >= 4 is 0 Å². The number of rotatable bonds is 5. The van der Waals surface area contributed by atoms with Crippen molar-refractivity contribution in [1.82, 2.24) is 15.5 Å². The van der Waals surface area contributed by atoms with Gasteiger partial charge in [-0.1, -0.05) is 11.6 Å². The Morgan fingerprint density at radius 1 is 1.17 bits per heavy atom. The van der Waals surface area contributed by atoms with E-state index in [1.165, 1.54) is 38.5 Å². The van der Waals surface area contributed by atoms with Crippen molar-refractivity contribution < 1.29 is 4.52 Å². The molecule has 0 spiro atoms. The third kappa shape index (κ3) is 2.07. The van der Waals surface area contributed by atoms with E-state index in [1.54, 1.807) is 0 Å². The second-order valence-corrected chi connectivity index (χ2v) is 6.31. The van der Waals surface area contributed by atoms with E-state index in [0.717, 1.165) is 42.6 Å². The fourth-order valence-corrected chi connectivity index (χ4v) is 3.75. The zero-order valence-electron chi connectivity index (χ0n) is 10.8. The van der Waals surface area contributed by atoms with E-state index in [0.29, 0.717) is 5.92 Å². The summed E-state index contributed by atoms with van der Waals surface area (Å²) in [5.41, 5.74) is 0. The number of hydrogen-bond donors (Lipinski definition) is 1. The molecule has 1 heterocycles. The second kappa shape index (κ2) is 4.34. The normalized spacial score (nSPS) is 34.3. The summed E-state index contributed by atoms with van der Waals surface area (Å²) in [7, 11) is 0. The van der Waals surface area contributed by atoms with Gasteiger partial charge in [0.05, 0.1) is 0 Å². The van der Waals surface area contributed by atoms with Gasteiger partial charge in [0.25, 0.3) is 0 Å². The van der Waals surface area contributed by atoms with Crippen LogP contribution in [0.4, 0.5) is 0 Å². The maximum atomic E-state index is 5.39. The number of nitrogens with one attached hydrogen (secondary N) is 1. The molecule has 3 aliphatic rings. The molecule has 3 unspecified atom stereocenters. The van der Waals surface area contributed by atoms with Crippen LogP contribution >= 0.6 is 0 Å². The smallest absolute Gasteiger partial charge is 0.227 e. The molecule has 0 amide bonds. The van der Waals surface area contributed by atoms with Gasteiger partial charge in [-0.15, -0.1) is 0 Å². The molecule has 18 heavy (non-hydrogen) atoms. The van der Waals surface area contributed by atoms with Gasteiger partial charge >= 0.3 is 0 Å². The van der Waals surface area contributed by atoms with Gasteiger partial charge in [0.2, 0.25) is 5.89 Å². The average molecular weight is 247 g/mol. The number of fused-ring (bicyclic) bond motifs is 2. The van der Waals surface area contributed by atoms with Gasteiger partial charge in [-0.3, -0.25) is 0 Å². The molecule has 3 saturated carbocycles. The van der Waals surface area contributed by atoms with E-state index < -0.39 is 0 Å². The van der Waals surface area contributed by atoms with Crippen LogP contribution in [-0.4, -0.2) is 22.7 Å². The van der Waals surface area contributed by atoms with E-state index in [1.807, 2.05) is 0 Å². The lowest BCUT2D eigenvalue weighted by Crippen LogP contribution is -2.19. The molecule has 1 aromatic rings. The summed E-state index contributed by atoms with van der Waals surface area (Å²) < 4.78 is 5.39. The van der Waals surface area contributed by atoms with Gasteiger partial charge < -0.3 is 9.84 Å². The van der Waals surface area contributed by atoms with Crippen molar-refractivity contribution in [2.24, 2.45) is 11.8 Å². The Morgan fingerprint density at radius 2 is 2.11 bits per heavy atom. The first kappa shape index (κ1) is 11.0. The minimum Gasteiger partial charge on any atom is -0.339 e. The fraction of sp³-hybridized carbons (Fsp3) is 0.857. The lowest BCUT2D eigenvalue weighted by atomic mass is 9.88. The standard InChI is InChI=1S/C14H21N3O/c1-2-10-7-9(1)8-12(10)14-16-13(18-17-14)5-6-15-11-3-4-11/h9-12,15H,1-8H2. The van der Waals surface area contributed by atoms with Crippen molar-refractivity contribution in [2.45, 2.75) is 56.9 Å². The minimum absolute atomic E-state index is 0.595. The number of aromatic nitrogens is 2. The first-order chi connectivity index (χ1) is 8.88. The van der Waals surface area contributed by atoms with Crippen LogP contribution in [0, 0.1) is 11.8 Å². The van der Waals surface area contributed by atoms with Gasteiger partial charge in [-0.25, -0.2) is 0 Å². The molecular formula is C14H21N3O. The van der Waals surface area contributed by atoms with Crippen molar-refractivity contribution in [3.8, 4) is 0 Å². The molecule has 0 saturated heterocycles. The first-order valence-corrected chi connectivity index (χ1v) is 7.44. The number of nitrogens with zero attached hydrogens (tertiary/aromatic N) is 2. The van der Waals surface area contributed by atoms with Crippen LogP contribution in [0.2, 0.25) is 0 Å². The zero-order valence-corrected chi connectivity index (χ0v) is 10.8. The van der Waals surface area contributed by atoms with Crippen molar-refractivity contribution in [3.05, 3.63) is 11.7 Å². The Kier molecular flexibility index (Phi) is 2.64. The molecule has 98 valence electrons. The summed E-state index contributed by atoms with van der Waals surface area (Å²) in [6.07, 6.45) is 9.05. The van der Waals surface area contributed by atoms with E-state index in [4.69, 9.17) is 4.52 Å². The molecule has 3 aliphatic carbocycles. The summed E-state index contributed by atoms with van der Waals surface area (Å²) in [5, 5.41) is 7.70. The lowest BCUT2D eigenvalue weighted by molar-refractivity contribution is 0.350. The topological polar surface area (TPSA) is 51.0 Å². The third-order valence-corrected chi connectivity index (χ3v) is 4.90. The highest BCUT2D eigenvalue weighted by Gasteiger charge is 2.42. The zero-order chi connectivity index (χ0) is 11.9. The van der Waals surface area contributed by atoms with Crippen LogP contribution in [-0.2, 0) is 6.42 Å². The minimum atomic E-state index is 0.595. The van der Waals surface area contributed by atoms with Gasteiger partial charge in [-0.2, -0.15) is 4.98 Å². The summed E-state index contributed by atoms with van der Waals surface area (Å²) in [6.45, 7) is 0.975. The summed E-state index contributed by atoms with van der Waals surface area (Å²) >= 11 is 0. The maximum absolute atomic E-state index is 5.39. The van der Waals surface area contributed by atoms with E-state index in [9.17, 15) is 0 Å². The SMILES string of the molecule is C(Cc1nc(C2CC3CCC2C3)no1)NC1CC1. The fourth-order valence-electron chi connectivity index (χ4n) is 3.75.